The van der Waals surface area contributed by atoms with Gasteiger partial charge < -0.3 is 5.11 Å². The van der Waals surface area contributed by atoms with Crippen molar-refractivity contribution in [3.63, 3.8) is 0 Å². The van der Waals surface area contributed by atoms with Crippen molar-refractivity contribution in [2.45, 2.75) is 4.90 Å². The van der Waals surface area contributed by atoms with Gasteiger partial charge >= 0.3 is 0 Å². The van der Waals surface area contributed by atoms with Gasteiger partial charge in [-0.2, -0.15) is 7.20 Å². The van der Waals surface area contributed by atoms with E-state index >= 15 is 0 Å². The number of benzene rings is 1. The van der Waals surface area contributed by atoms with Crippen molar-refractivity contribution in [3.05, 3.63) is 30.3 Å². The molecular formula is C9H13IOS. The molecule has 0 heterocycles. The van der Waals surface area contributed by atoms with Crippen LogP contribution in [0.15, 0.2) is 35.2 Å². The van der Waals surface area contributed by atoms with Crippen molar-refractivity contribution >= 4 is 28.4 Å². The van der Waals surface area contributed by atoms with Gasteiger partial charge in [-0.3, -0.25) is 0 Å². The molecule has 0 aliphatic carbocycles. The number of hydrogen-bond acceptors (Lipinski definition) is 1. The topological polar surface area (TPSA) is 20.2 Å². The third kappa shape index (κ3) is 2.64. The third-order valence-electron chi connectivity index (χ3n) is 1.71. The van der Waals surface area contributed by atoms with Gasteiger partial charge in [0.05, 0.1) is 6.61 Å². The first-order valence-electron chi connectivity index (χ1n) is 3.78. The van der Waals surface area contributed by atoms with Crippen LogP contribution in [0.25, 0.3) is 0 Å². The van der Waals surface area contributed by atoms with Crippen molar-refractivity contribution in [3.8, 4) is 0 Å². The van der Waals surface area contributed by atoms with Crippen LogP contribution in [0.2, 0.25) is 0 Å². The molecule has 0 saturated carbocycles. The predicted octanol–water partition coefficient (Wildman–Crippen LogP) is 2.82. The molecule has 0 radical (unpaired) electrons. The molecular weight excluding hydrogens is 283 g/mol. The maximum Gasteiger partial charge on any atom is 0.0517 e. The molecule has 3 heteroatoms. The van der Waals surface area contributed by atoms with Crippen molar-refractivity contribution in [1.29, 1.82) is 0 Å². The van der Waals surface area contributed by atoms with Crippen LogP contribution >= 0.6 is 28.4 Å². The molecule has 12 heavy (non-hydrogen) atoms. The number of hydrogen-bond donors (Lipinski definition) is 1. The van der Waals surface area contributed by atoms with Gasteiger partial charge in [-0.05, 0) is 44.5 Å². The summed E-state index contributed by atoms with van der Waals surface area (Å²) in [7, 11) is -0.790. The van der Waals surface area contributed by atoms with E-state index in [4.69, 9.17) is 5.11 Å². The van der Waals surface area contributed by atoms with Gasteiger partial charge in [0.25, 0.3) is 0 Å². The maximum atomic E-state index is 8.88. The van der Waals surface area contributed by atoms with Crippen molar-refractivity contribution in [1.82, 2.24) is 0 Å². The van der Waals surface area contributed by atoms with E-state index in [1.807, 2.05) is 6.07 Å². The Balaban J connectivity index is 2.82. The van der Waals surface area contributed by atoms with E-state index in [-0.39, 0.29) is 6.61 Å². The number of aliphatic hydroxyl groups excluding tert-OH is 1. The average molecular weight is 296 g/mol. The molecule has 0 aromatic heterocycles. The summed E-state index contributed by atoms with van der Waals surface area (Å²) in [5.41, 5.74) is 0. The lowest BCUT2D eigenvalue weighted by Crippen LogP contribution is -2.00. The summed E-state index contributed by atoms with van der Waals surface area (Å²) in [5, 5.41) is 8.88. The van der Waals surface area contributed by atoms with E-state index < -0.39 is 7.20 Å². The minimum absolute atomic E-state index is 0.281. The van der Waals surface area contributed by atoms with Crippen LogP contribution in [0.5, 0.6) is 0 Å². The molecule has 1 aromatic rings. The van der Waals surface area contributed by atoms with E-state index in [2.05, 4.69) is 51.7 Å². The zero-order valence-corrected chi connectivity index (χ0v) is 10.0. The van der Waals surface area contributed by atoms with Gasteiger partial charge in [0.1, 0.15) is 0 Å². The number of halogens is 1. The summed E-state index contributed by atoms with van der Waals surface area (Å²) < 4.78 is 0. The summed E-state index contributed by atoms with van der Waals surface area (Å²) in [6.45, 7) is 0.281. The van der Waals surface area contributed by atoms with Crippen LogP contribution in [0.4, 0.5) is 0 Å². The van der Waals surface area contributed by atoms with Crippen LogP contribution in [0.1, 0.15) is 0 Å². The molecule has 1 nitrogen and oxygen atoms in total. The zero-order valence-electron chi connectivity index (χ0n) is 7.03. The lowest BCUT2D eigenvalue weighted by molar-refractivity contribution is 0.322. The van der Waals surface area contributed by atoms with E-state index in [1.165, 1.54) is 4.90 Å². The monoisotopic (exact) mass is 296 g/mol. The maximum absolute atomic E-state index is 8.88. The summed E-state index contributed by atoms with van der Waals surface area (Å²) in [4.78, 5) is 1.36. The quantitative estimate of drug-likeness (QED) is 0.850. The fourth-order valence-electron chi connectivity index (χ4n) is 0.994. The fourth-order valence-corrected chi connectivity index (χ4v) is 3.77. The zero-order chi connectivity index (χ0) is 9.03. The Morgan fingerprint density at radius 2 is 1.92 bits per heavy atom. The highest BCUT2D eigenvalue weighted by atomic mass is 127. The Bertz CT molecular complexity index is 236. The van der Waals surface area contributed by atoms with Gasteiger partial charge in [-0.25, -0.2) is 0 Å². The van der Waals surface area contributed by atoms with Crippen LogP contribution in [0.3, 0.4) is 0 Å². The second-order valence-corrected chi connectivity index (χ2v) is 11.4. The molecule has 0 saturated heterocycles. The second kappa shape index (κ2) is 4.48. The van der Waals surface area contributed by atoms with E-state index in [9.17, 15) is 0 Å². The summed E-state index contributed by atoms with van der Waals surface area (Å²) in [5.74, 6) is 0.886. The molecule has 0 aliphatic heterocycles. The molecule has 1 unspecified atom stereocenters. The Hall–Kier alpha value is 0.260. The van der Waals surface area contributed by atoms with Crippen molar-refractivity contribution in [2.24, 2.45) is 0 Å². The Kier molecular flexibility index (Phi) is 3.86. The van der Waals surface area contributed by atoms with Gasteiger partial charge in [0, 0.05) is 5.75 Å². The van der Waals surface area contributed by atoms with Gasteiger partial charge in [-0.1, -0.05) is 18.2 Å². The van der Waals surface area contributed by atoms with E-state index in [0.29, 0.717) is 0 Å². The first-order chi connectivity index (χ1) is 5.67. The normalized spacial score (nSPS) is 18.2. The van der Waals surface area contributed by atoms with Gasteiger partial charge in [-0.15, -0.1) is 0 Å². The molecule has 0 aliphatic rings. The molecule has 1 rings (SSSR count). The minimum Gasteiger partial charge on any atom is -0.396 e. The summed E-state index contributed by atoms with van der Waals surface area (Å²) in [6.07, 6.45) is 2.22. The number of aliphatic hydroxyl groups is 1. The SMILES string of the molecule is CS(I)(CCO)c1ccccc1. The minimum atomic E-state index is -0.790. The number of rotatable bonds is 3. The lowest BCUT2D eigenvalue weighted by Gasteiger charge is -2.27. The summed E-state index contributed by atoms with van der Waals surface area (Å²) in [6, 6.07) is 10.4. The highest BCUT2D eigenvalue weighted by molar-refractivity contribution is 14.2. The predicted molar refractivity (Wildman–Crippen MR) is 64.2 cm³/mol. The van der Waals surface area contributed by atoms with Gasteiger partial charge in [0.2, 0.25) is 0 Å². The van der Waals surface area contributed by atoms with E-state index in [0.717, 1.165) is 5.75 Å². The van der Waals surface area contributed by atoms with Crippen LogP contribution < -0.4 is 0 Å². The molecule has 1 atom stereocenters. The van der Waals surface area contributed by atoms with Crippen molar-refractivity contribution in [2.75, 3.05) is 18.6 Å². The first kappa shape index (κ1) is 10.3. The lowest BCUT2D eigenvalue weighted by atomic mass is 10.4. The van der Waals surface area contributed by atoms with E-state index in [1.54, 1.807) is 0 Å². The smallest absolute Gasteiger partial charge is 0.0517 e. The van der Waals surface area contributed by atoms with Crippen LogP contribution in [-0.4, -0.2) is 23.7 Å². The molecule has 0 fully saturated rings. The highest BCUT2D eigenvalue weighted by Gasteiger charge is 2.14. The van der Waals surface area contributed by atoms with Gasteiger partial charge in [0.15, 0.2) is 0 Å². The molecule has 68 valence electrons. The summed E-state index contributed by atoms with van der Waals surface area (Å²) >= 11 is 2.46. The highest BCUT2D eigenvalue weighted by Crippen LogP contribution is 2.59. The average Bonchev–Trinajstić information content (AvgIpc) is 2.06. The Morgan fingerprint density at radius 3 is 2.42 bits per heavy atom. The fraction of sp³-hybridized carbons (Fsp3) is 0.333. The largest absolute Gasteiger partial charge is 0.396 e. The van der Waals surface area contributed by atoms with Crippen molar-refractivity contribution < 1.29 is 5.11 Å². The Labute approximate surface area is 87.1 Å². The Morgan fingerprint density at radius 1 is 1.33 bits per heavy atom. The molecule has 0 amide bonds. The molecule has 0 spiro atoms. The standard InChI is InChI=1S/C9H13IOS/c1-12(10,8-7-11)9-5-3-2-4-6-9/h2-6,11H,7-8H2,1H3. The van der Waals surface area contributed by atoms with Crippen LogP contribution in [0, 0.1) is 0 Å². The second-order valence-electron chi connectivity index (χ2n) is 2.72. The van der Waals surface area contributed by atoms with Crippen LogP contribution in [-0.2, 0) is 0 Å². The molecule has 0 bridgehead atoms. The molecule has 1 N–H and O–H groups in total. The molecule has 1 aromatic carbocycles. The third-order valence-corrected chi connectivity index (χ3v) is 6.76. The first-order valence-corrected chi connectivity index (χ1v) is 8.54.